The predicted molar refractivity (Wildman–Crippen MR) is 62.1 cm³/mol. The van der Waals surface area contributed by atoms with Crippen LogP contribution in [0, 0.1) is 10.1 Å². The maximum atomic E-state index is 10.7. The van der Waals surface area contributed by atoms with Gasteiger partial charge in [-0.1, -0.05) is 17.7 Å². The van der Waals surface area contributed by atoms with Gasteiger partial charge in [0.1, 0.15) is 5.02 Å². The molecule has 1 heterocycles. The topological polar surface area (TPSA) is 61.6 Å². The Morgan fingerprint density at radius 1 is 1.59 bits per heavy atom. The van der Waals surface area contributed by atoms with Gasteiger partial charge >= 0.3 is 0 Å². The second kappa shape index (κ2) is 5.44. The number of nitrogens with zero attached hydrogens (tertiary/aromatic N) is 1. The van der Waals surface area contributed by atoms with Gasteiger partial charge in [0.2, 0.25) is 0 Å². The van der Waals surface area contributed by atoms with Gasteiger partial charge in [-0.15, -0.1) is 0 Å². The van der Waals surface area contributed by atoms with Gasteiger partial charge < -0.3 is 9.47 Å². The number of nitro benzene ring substituents is 1. The van der Waals surface area contributed by atoms with Gasteiger partial charge in [-0.2, -0.15) is 0 Å². The van der Waals surface area contributed by atoms with Gasteiger partial charge in [0.25, 0.3) is 5.69 Å². The summed E-state index contributed by atoms with van der Waals surface area (Å²) in [5.74, 6) is 0. The first-order valence-corrected chi connectivity index (χ1v) is 5.67. The summed E-state index contributed by atoms with van der Waals surface area (Å²) in [5.41, 5.74) is 0.656. The molecule has 0 radical (unpaired) electrons. The molecule has 0 aliphatic carbocycles. The summed E-state index contributed by atoms with van der Waals surface area (Å²) in [5, 5.41) is 10.8. The number of benzene rings is 1. The van der Waals surface area contributed by atoms with E-state index in [0.717, 1.165) is 12.0 Å². The smallest absolute Gasteiger partial charge is 0.288 e. The number of nitro groups is 1. The van der Waals surface area contributed by atoms with E-state index >= 15 is 0 Å². The maximum absolute atomic E-state index is 10.7. The third kappa shape index (κ3) is 3.15. The van der Waals surface area contributed by atoms with Gasteiger partial charge in [-0.05, 0) is 18.1 Å². The first-order chi connectivity index (χ1) is 8.16. The average Bonchev–Trinajstić information content (AvgIpc) is 2.80. The molecule has 92 valence electrons. The Morgan fingerprint density at radius 2 is 2.41 bits per heavy atom. The van der Waals surface area contributed by atoms with Gasteiger partial charge in [0.05, 0.1) is 24.2 Å². The van der Waals surface area contributed by atoms with E-state index in [1.54, 1.807) is 6.07 Å². The van der Waals surface area contributed by atoms with Crippen molar-refractivity contribution in [2.45, 2.75) is 19.1 Å². The molecule has 1 aromatic rings. The summed E-state index contributed by atoms with van der Waals surface area (Å²) >= 11 is 5.72. The maximum Gasteiger partial charge on any atom is 0.288 e. The molecule has 1 aliphatic rings. The van der Waals surface area contributed by atoms with Crippen molar-refractivity contribution in [3.8, 4) is 0 Å². The fraction of sp³-hybridized carbons (Fsp3) is 0.455. The molecule has 2 rings (SSSR count). The van der Waals surface area contributed by atoms with Crippen LogP contribution >= 0.6 is 11.6 Å². The lowest BCUT2D eigenvalue weighted by molar-refractivity contribution is -0.384. The van der Waals surface area contributed by atoms with E-state index in [1.165, 1.54) is 12.1 Å². The minimum Gasteiger partial charge on any atom is -0.379 e. The molecule has 1 aromatic carbocycles. The summed E-state index contributed by atoms with van der Waals surface area (Å²) in [4.78, 5) is 10.2. The quantitative estimate of drug-likeness (QED) is 0.614. The van der Waals surface area contributed by atoms with Crippen LogP contribution in [0.15, 0.2) is 18.2 Å². The summed E-state index contributed by atoms with van der Waals surface area (Å²) in [6, 6.07) is 4.69. The Bertz CT molecular complexity index is 418. The van der Waals surface area contributed by atoms with Crippen molar-refractivity contribution in [3.05, 3.63) is 38.9 Å². The van der Waals surface area contributed by atoms with Crippen LogP contribution in [0.2, 0.25) is 5.02 Å². The Labute approximate surface area is 103 Å². The van der Waals surface area contributed by atoms with Crippen LogP contribution in [-0.4, -0.2) is 24.2 Å². The van der Waals surface area contributed by atoms with Crippen molar-refractivity contribution < 1.29 is 14.4 Å². The third-order valence-electron chi connectivity index (χ3n) is 2.58. The van der Waals surface area contributed by atoms with Crippen LogP contribution in [-0.2, 0) is 16.1 Å². The van der Waals surface area contributed by atoms with Crippen molar-refractivity contribution in [3.63, 3.8) is 0 Å². The first-order valence-electron chi connectivity index (χ1n) is 5.29. The Kier molecular flexibility index (Phi) is 3.93. The van der Waals surface area contributed by atoms with Crippen molar-refractivity contribution >= 4 is 17.3 Å². The summed E-state index contributed by atoms with van der Waals surface area (Å²) in [7, 11) is 0. The van der Waals surface area contributed by atoms with Gasteiger partial charge in [-0.25, -0.2) is 0 Å². The van der Waals surface area contributed by atoms with Crippen LogP contribution in [0.4, 0.5) is 5.69 Å². The SMILES string of the molecule is O=[N+]([O-])c1cc(COC2CCOC2)ccc1Cl. The molecule has 0 spiro atoms. The number of ether oxygens (including phenoxy) is 2. The monoisotopic (exact) mass is 257 g/mol. The molecule has 1 saturated heterocycles. The zero-order valence-electron chi connectivity index (χ0n) is 9.10. The molecular weight excluding hydrogens is 246 g/mol. The van der Waals surface area contributed by atoms with E-state index in [0.29, 0.717) is 19.8 Å². The lowest BCUT2D eigenvalue weighted by atomic mass is 10.2. The normalized spacial score (nSPS) is 19.5. The molecule has 17 heavy (non-hydrogen) atoms. The fourth-order valence-electron chi connectivity index (χ4n) is 1.65. The summed E-state index contributed by atoms with van der Waals surface area (Å²) < 4.78 is 10.7. The highest BCUT2D eigenvalue weighted by atomic mass is 35.5. The molecule has 0 aromatic heterocycles. The molecule has 1 aliphatic heterocycles. The van der Waals surface area contributed by atoms with E-state index in [2.05, 4.69) is 0 Å². The lowest BCUT2D eigenvalue weighted by Gasteiger charge is -2.09. The van der Waals surface area contributed by atoms with Gasteiger partial charge in [0, 0.05) is 12.7 Å². The zero-order valence-corrected chi connectivity index (χ0v) is 9.85. The molecule has 1 atom stereocenters. The highest BCUT2D eigenvalue weighted by Gasteiger charge is 2.17. The second-order valence-electron chi connectivity index (χ2n) is 3.84. The van der Waals surface area contributed by atoms with Crippen molar-refractivity contribution in [1.29, 1.82) is 0 Å². The standard InChI is InChI=1S/C11H12ClNO4/c12-10-2-1-8(5-11(10)13(14)15)6-17-9-3-4-16-7-9/h1-2,5,9H,3-4,6-7H2. The Balaban J connectivity index is 2.00. The van der Waals surface area contributed by atoms with Crippen LogP contribution < -0.4 is 0 Å². The second-order valence-corrected chi connectivity index (χ2v) is 4.25. The van der Waals surface area contributed by atoms with E-state index in [9.17, 15) is 10.1 Å². The summed E-state index contributed by atoms with van der Waals surface area (Å²) in [6.07, 6.45) is 0.958. The number of hydrogen-bond acceptors (Lipinski definition) is 4. The molecule has 0 bridgehead atoms. The van der Waals surface area contributed by atoms with E-state index < -0.39 is 4.92 Å². The van der Waals surface area contributed by atoms with Gasteiger partial charge in [0.15, 0.2) is 0 Å². The largest absolute Gasteiger partial charge is 0.379 e. The number of rotatable bonds is 4. The third-order valence-corrected chi connectivity index (χ3v) is 2.90. The fourth-order valence-corrected chi connectivity index (χ4v) is 1.83. The van der Waals surface area contributed by atoms with Crippen molar-refractivity contribution in [2.24, 2.45) is 0 Å². The number of halogens is 1. The predicted octanol–water partition coefficient (Wildman–Crippen LogP) is 2.55. The molecule has 0 amide bonds. The molecule has 1 unspecified atom stereocenters. The first kappa shape index (κ1) is 12.3. The average molecular weight is 258 g/mol. The molecule has 6 heteroatoms. The molecule has 0 N–H and O–H groups in total. The zero-order chi connectivity index (χ0) is 12.3. The number of hydrogen-bond donors (Lipinski definition) is 0. The summed E-state index contributed by atoms with van der Waals surface area (Å²) in [6.45, 7) is 1.65. The van der Waals surface area contributed by atoms with Crippen molar-refractivity contribution in [2.75, 3.05) is 13.2 Å². The minimum atomic E-state index is -0.496. The molecule has 5 nitrogen and oxygen atoms in total. The van der Waals surface area contributed by atoms with Crippen LogP contribution in [0.5, 0.6) is 0 Å². The van der Waals surface area contributed by atoms with Gasteiger partial charge in [-0.3, -0.25) is 10.1 Å². The highest BCUT2D eigenvalue weighted by molar-refractivity contribution is 6.32. The molecule has 0 saturated carbocycles. The molecule has 1 fully saturated rings. The Morgan fingerprint density at radius 3 is 3.06 bits per heavy atom. The minimum absolute atomic E-state index is 0.0876. The molecular formula is C11H12ClNO4. The lowest BCUT2D eigenvalue weighted by Crippen LogP contribution is -2.11. The van der Waals surface area contributed by atoms with Crippen LogP contribution in [0.3, 0.4) is 0 Å². The van der Waals surface area contributed by atoms with E-state index in [-0.39, 0.29) is 16.8 Å². The van der Waals surface area contributed by atoms with E-state index in [4.69, 9.17) is 21.1 Å². The highest BCUT2D eigenvalue weighted by Crippen LogP contribution is 2.25. The van der Waals surface area contributed by atoms with E-state index in [1.807, 2.05) is 0 Å². The Hall–Kier alpha value is -1.17. The van der Waals surface area contributed by atoms with Crippen LogP contribution in [0.1, 0.15) is 12.0 Å². The van der Waals surface area contributed by atoms with Crippen LogP contribution in [0.25, 0.3) is 0 Å². The van der Waals surface area contributed by atoms with Crippen molar-refractivity contribution in [1.82, 2.24) is 0 Å².